The molecule has 5 rings (SSSR count). The third kappa shape index (κ3) is 4.63. The fourth-order valence-corrected chi connectivity index (χ4v) is 7.11. The number of aromatic nitrogens is 3. The summed E-state index contributed by atoms with van der Waals surface area (Å²) in [6, 6.07) is 0.101. The monoisotopic (exact) mass is 517 g/mol. The van der Waals surface area contributed by atoms with E-state index in [0.29, 0.717) is 32.1 Å². The molecular formula is C25H32FN5O4S. The van der Waals surface area contributed by atoms with Crippen molar-refractivity contribution in [3.8, 4) is 0 Å². The lowest BCUT2D eigenvalue weighted by molar-refractivity contribution is -0.148. The summed E-state index contributed by atoms with van der Waals surface area (Å²) < 4.78 is 17.0. The highest BCUT2D eigenvalue weighted by Gasteiger charge is 2.37. The number of halogens is 1. The van der Waals surface area contributed by atoms with Crippen LogP contribution in [0.5, 0.6) is 0 Å². The maximum atomic E-state index is 14.1. The summed E-state index contributed by atoms with van der Waals surface area (Å²) in [5.41, 5.74) is -0.686. The van der Waals surface area contributed by atoms with Crippen LogP contribution < -0.4 is 16.6 Å². The van der Waals surface area contributed by atoms with Crippen LogP contribution in [0.2, 0.25) is 0 Å². The van der Waals surface area contributed by atoms with Crippen molar-refractivity contribution in [2.45, 2.75) is 82.5 Å². The Morgan fingerprint density at radius 2 is 1.75 bits per heavy atom. The van der Waals surface area contributed by atoms with Crippen LogP contribution in [0.25, 0.3) is 11.0 Å². The van der Waals surface area contributed by atoms with Crippen LogP contribution in [0.3, 0.4) is 0 Å². The smallest absolute Gasteiger partial charge is 0.306 e. The molecule has 3 aliphatic rings. The number of nitrogens with zero attached hydrogens (tertiary/aromatic N) is 4. The fraction of sp³-hybridized carbons (Fsp3) is 0.640. The lowest BCUT2D eigenvalue weighted by Gasteiger charge is -2.37. The first-order valence-electron chi connectivity index (χ1n) is 12.8. The number of fused-ring (bicyclic) bond motifs is 1. The minimum atomic E-state index is -0.615. The Labute approximate surface area is 212 Å². The van der Waals surface area contributed by atoms with Crippen molar-refractivity contribution in [3.63, 3.8) is 0 Å². The maximum Gasteiger partial charge on any atom is 0.333 e. The van der Waals surface area contributed by atoms with Crippen LogP contribution in [-0.4, -0.2) is 61.0 Å². The van der Waals surface area contributed by atoms with Gasteiger partial charge in [0.1, 0.15) is 11.5 Å². The summed E-state index contributed by atoms with van der Waals surface area (Å²) in [5, 5.41) is 3.28. The molecule has 0 aromatic carbocycles. The Morgan fingerprint density at radius 3 is 2.39 bits per heavy atom. The second-order valence-corrected chi connectivity index (χ2v) is 11.3. The summed E-state index contributed by atoms with van der Waals surface area (Å²) in [6.07, 6.45) is 6.21. The first-order chi connectivity index (χ1) is 17.4. The number of imide groups is 1. The normalized spacial score (nSPS) is 25.2. The second kappa shape index (κ2) is 10.5. The van der Waals surface area contributed by atoms with E-state index in [9.17, 15) is 23.6 Å². The first-order valence-corrected chi connectivity index (χ1v) is 14.0. The minimum Gasteiger partial charge on any atom is -0.306 e. The maximum absolute atomic E-state index is 14.1. The molecule has 1 N–H and O–H groups in total. The zero-order chi connectivity index (χ0) is 25.4. The molecule has 0 bridgehead atoms. The Hall–Kier alpha value is -2.53. The average Bonchev–Trinajstić information content (AvgIpc) is 3.41. The van der Waals surface area contributed by atoms with E-state index in [-0.39, 0.29) is 47.0 Å². The molecule has 11 heteroatoms. The van der Waals surface area contributed by atoms with Crippen LogP contribution in [0.1, 0.15) is 70.4 Å². The number of carbonyl (C=O) groups excluding carboxylic acids is 2. The number of hydrogen-bond acceptors (Lipinski definition) is 7. The number of amides is 2. The molecule has 36 heavy (non-hydrogen) atoms. The van der Waals surface area contributed by atoms with Gasteiger partial charge in [0.2, 0.25) is 11.8 Å². The highest BCUT2D eigenvalue weighted by molar-refractivity contribution is 7.99. The third-order valence-corrected chi connectivity index (χ3v) is 8.86. The first kappa shape index (κ1) is 25.1. The van der Waals surface area contributed by atoms with E-state index in [1.807, 2.05) is 11.8 Å². The topological polar surface area (TPSA) is 106 Å². The Balaban J connectivity index is 1.46. The Morgan fingerprint density at radius 1 is 1.06 bits per heavy atom. The Kier molecular flexibility index (Phi) is 7.30. The molecule has 9 nitrogen and oxygen atoms in total. The average molecular weight is 518 g/mol. The van der Waals surface area contributed by atoms with Crippen molar-refractivity contribution in [2.24, 2.45) is 0 Å². The van der Waals surface area contributed by atoms with Crippen molar-refractivity contribution in [3.05, 3.63) is 38.9 Å². The van der Waals surface area contributed by atoms with Gasteiger partial charge in [-0.15, -0.1) is 0 Å². The number of pyridine rings is 1. The zero-order valence-electron chi connectivity index (χ0n) is 20.5. The van der Waals surface area contributed by atoms with Gasteiger partial charge in [-0.25, -0.2) is 14.2 Å². The molecule has 1 unspecified atom stereocenters. The van der Waals surface area contributed by atoms with Crippen molar-refractivity contribution in [1.82, 2.24) is 24.3 Å². The highest BCUT2D eigenvalue weighted by atomic mass is 32.2. The van der Waals surface area contributed by atoms with Crippen molar-refractivity contribution < 1.29 is 14.0 Å². The van der Waals surface area contributed by atoms with Gasteiger partial charge in [0.05, 0.1) is 17.6 Å². The number of nitrogens with one attached hydrogen (secondary N) is 1. The molecule has 2 amide bonds. The minimum absolute atomic E-state index is 0.0906. The molecule has 1 atom stereocenters. The van der Waals surface area contributed by atoms with Gasteiger partial charge in [0.25, 0.3) is 5.56 Å². The molecule has 1 aliphatic carbocycles. The highest BCUT2D eigenvalue weighted by Crippen LogP contribution is 2.32. The van der Waals surface area contributed by atoms with Gasteiger partial charge in [-0.1, -0.05) is 0 Å². The van der Waals surface area contributed by atoms with E-state index >= 15 is 0 Å². The Bertz CT molecular complexity index is 1270. The van der Waals surface area contributed by atoms with Crippen LogP contribution >= 0.6 is 11.8 Å². The van der Waals surface area contributed by atoms with Crippen molar-refractivity contribution in [2.75, 3.05) is 18.1 Å². The van der Waals surface area contributed by atoms with Gasteiger partial charge in [0, 0.05) is 25.0 Å². The lowest BCUT2D eigenvalue weighted by atomic mass is 9.89. The summed E-state index contributed by atoms with van der Waals surface area (Å²) >= 11 is 1.83. The van der Waals surface area contributed by atoms with Gasteiger partial charge in [-0.05, 0) is 75.5 Å². The SMILES string of the molecule is CC(=O)N(C(=O)C1CCCN1)C1CCC(n2c(=O)c3cc(F)cnc3n(C3CCSCC3)c2=O)CC1. The number of carbonyl (C=O) groups is 2. The number of rotatable bonds is 4. The van der Waals surface area contributed by atoms with Gasteiger partial charge < -0.3 is 5.32 Å². The van der Waals surface area contributed by atoms with Crippen molar-refractivity contribution >= 4 is 34.6 Å². The van der Waals surface area contributed by atoms with E-state index in [4.69, 9.17) is 0 Å². The second-order valence-electron chi connectivity index (χ2n) is 10.0. The molecule has 3 fully saturated rings. The van der Waals surface area contributed by atoms with Crippen LogP contribution in [0.4, 0.5) is 4.39 Å². The number of thioether (sulfide) groups is 1. The number of hydrogen-bond donors (Lipinski definition) is 1. The quantitative estimate of drug-likeness (QED) is 0.664. The lowest BCUT2D eigenvalue weighted by Crippen LogP contribution is -2.52. The van der Waals surface area contributed by atoms with Gasteiger partial charge in [-0.2, -0.15) is 11.8 Å². The largest absolute Gasteiger partial charge is 0.333 e. The van der Waals surface area contributed by atoms with E-state index in [0.717, 1.165) is 43.5 Å². The summed E-state index contributed by atoms with van der Waals surface area (Å²) in [5.74, 6) is 0.740. The van der Waals surface area contributed by atoms with Gasteiger partial charge in [0.15, 0.2) is 0 Å². The van der Waals surface area contributed by atoms with Crippen LogP contribution in [0.15, 0.2) is 21.9 Å². The summed E-state index contributed by atoms with van der Waals surface area (Å²) in [7, 11) is 0. The third-order valence-electron chi connectivity index (χ3n) is 7.81. The molecule has 1 saturated carbocycles. The van der Waals surface area contributed by atoms with E-state index in [1.54, 1.807) is 4.57 Å². The predicted molar refractivity (Wildman–Crippen MR) is 136 cm³/mol. The van der Waals surface area contributed by atoms with Gasteiger partial charge in [-0.3, -0.25) is 28.4 Å². The molecule has 0 radical (unpaired) electrons. The molecule has 2 saturated heterocycles. The van der Waals surface area contributed by atoms with Crippen molar-refractivity contribution in [1.29, 1.82) is 0 Å². The summed E-state index contributed by atoms with van der Waals surface area (Å²) in [6.45, 7) is 2.18. The standard InChI is InChI=1S/C25H32FN5O4S/c1-15(32)29(24(34)21-3-2-10-27-21)17-4-6-18(7-5-17)31-23(33)20-13-16(26)14-28-22(20)30(25(31)35)19-8-11-36-12-9-19/h13-14,17-19,21,27H,2-12H2,1H3. The van der Waals surface area contributed by atoms with Crippen LogP contribution in [0, 0.1) is 5.82 Å². The molecule has 194 valence electrons. The fourth-order valence-electron chi connectivity index (χ4n) is 6.03. The van der Waals surface area contributed by atoms with E-state index < -0.39 is 17.1 Å². The molecule has 4 heterocycles. The molecule has 2 aromatic heterocycles. The van der Waals surface area contributed by atoms with Crippen LogP contribution in [-0.2, 0) is 9.59 Å². The summed E-state index contributed by atoms with van der Waals surface area (Å²) in [4.78, 5) is 58.2. The zero-order valence-corrected chi connectivity index (χ0v) is 21.3. The molecular weight excluding hydrogens is 485 g/mol. The van der Waals surface area contributed by atoms with Gasteiger partial charge >= 0.3 is 5.69 Å². The molecule has 2 aliphatic heterocycles. The van der Waals surface area contributed by atoms with E-state index in [2.05, 4.69) is 10.3 Å². The molecule has 2 aromatic rings. The van der Waals surface area contributed by atoms with E-state index in [1.165, 1.54) is 22.5 Å². The predicted octanol–water partition coefficient (Wildman–Crippen LogP) is 2.38. The molecule has 0 spiro atoms.